The van der Waals surface area contributed by atoms with Crippen molar-refractivity contribution >= 4 is 11.8 Å². The Kier molecular flexibility index (Phi) is 5.21. The molecule has 0 aromatic carbocycles. The van der Waals surface area contributed by atoms with Crippen molar-refractivity contribution in [2.75, 3.05) is 13.2 Å². The van der Waals surface area contributed by atoms with E-state index in [9.17, 15) is 9.59 Å². The van der Waals surface area contributed by atoms with Crippen LogP contribution in [0.3, 0.4) is 0 Å². The summed E-state index contributed by atoms with van der Waals surface area (Å²) in [5.41, 5.74) is 5.01. The van der Waals surface area contributed by atoms with Crippen molar-refractivity contribution in [3.63, 3.8) is 0 Å². The number of nitrogens with one attached hydrogen (secondary N) is 3. The summed E-state index contributed by atoms with van der Waals surface area (Å²) in [7, 11) is 0. The van der Waals surface area contributed by atoms with E-state index in [1.165, 1.54) is 0 Å². The van der Waals surface area contributed by atoms with Gasteiger partial charge in [0.15, 0.2) is 0 Å². The van der Waals surface area contributed by atoms with Crippen LogP contribution in [-0.4, -0.2) is 37.1 Å². The van der Waals surface area contributed by atoms with Crippen molar-refractivity contribution in [2.45, 2.75) is 38.8 Å². The third kappa shape index (κ3) is 4.59. The quantitative estimate of drug-likeness (QED) is 0.527. The first-order chi connectivity index (χ1) is 7.59. The second-order valence-corrected chi connectivity index (χ2v) is 4.01. The fourth-order valence-electron chi connectivity index (χ4n) is 1.34. The maximum atomic E-state index is 11.5. The minimum Gasteiger partial charge on any atom is -0.379 e. The van der Waals surface area contributed by atoms with Crippen LogP contribution in [-0.2, 0) is 14.3 Å². The standard InChI is InChI=1S/C10H19N3O3/c1-7(2)16-5-3-4-11-10(15)8-6-9(14)13-12-8/h7-8,12H,3-6H2,1-2H3,(H,11,15)(H,13,14). The van der Waals surface area contributed by atoms with Crippen molar-refractivity contribution in [3.8, 4) is 0 Å². The maximum absolute atomic E-state index is 11.5. The van der Waals surface area contributed by atoms with E-state index in [1.807, 2.05) is 13.8 Å². The first kappa shape index (κ1) is 12.9. The second kappa shape index (κ2) is 6.44. The molecule has 0 saturated carbocycles. The van der Waals surface area contributed by atoms with Gasteiger partial charge in [-0.1, -0.05) is 0 Å². The van der Waals surface area contributed by atoms with Crippen LogP contribution < -0.4 is 16.2 Å². The SMILES string of the molecule is CC(C)OCCCNC(=O)C1CC(=O)NN1. The summed E-state index contributed by atoms with van der Waals surface area (Å²) in [6, 6.07) is -0.446. The van der Waals surface area contributed by atoms with Gasteiger partial charge in [-0.05, 0) is 20.3 Å². The predicted molar refractivity (Wildman–Crippen MR) is 58.4 cm³/mol. The van der Waals surface area contributed by atoms with Gasteiger partial charge in [-0.2, -0.15) is 0 Å². The Balaban J connectivity index is 2.04. The summed E-state index contributed by atoms with van der Waals surface area (Å²) in [5.74, 6) is -0.300. The molecule has 6 heteroatoms. The zero-order valence-electron chi connectivity index (χ0n) is 9.71. The molecule has 1 atom stereocenters. The minimum absolute atomic E-state index is 0.150. The van der Waals surface area contributed by atoms with Crippen molar-refractivity contribution in [3.05, 3.63) is 0 Å². The van der Waals surface area contributed by atoms with Crippen molar-refractivity contribution in [1.29, 1.82) is 0 Å². The molecular formula is C10H19N3O3. The van der Waals surface area contributed by atoms with Crippen LogP contribution in [0.2, 0.25) is 0 Å². The lowest BCUT2D eigenvalue weighted by atomic mass is 10.2. The average molecular weight is 229 g/mol. The highest BCUT2D eigenvalue weighted by molar-refractivity contribution is 5.90. The first-order valence-electron chi connectivity index (χ1n) is 5.53. The number of hydrogen-bond acceptors (Lipinski definition) is 4. The molecule has 0 spiro atoms. The molecule has 0 aromatic heterocycles. The number of amides is 2. The molecule has 1 aliphatic heterocycles. The van der Waals surface area contributed by atoms with Gasteiger partial charge >= 0.3 is 0 Å². The molecule has 1 unspecified atom stereocenters. The second-order valence-electron chi connectivity index (χ2n) is 4.01. The fourth-order valence-corrected chi connectivity index (χ4v) is 1.34. The average Bonchev–Trinajstić information content (AvgIpc) is 2.63. The van der Waals surface area contributed by atoms with Gasteiger partial charge in [-0.25, -0.2) is 5.43 Å². The molecular weight excluding hydrogens is 210 g/mol. The molecule has 0 bridgehead atoms. The first-order valence-corrected chi connectivity index (χ1v) is 5.53. The molecule has 0 radical (unpaired) electrons. The van der Waals surface area contributed by atoms with Gasteiger partial charge in [0, 0.05) is 13.2 Å². The molecule has 1 heterocycles. The largest absolute Gasteiger partial charge is 0.379 e. The molecule has 1 aliphatic rings. The van der Waals surface area contributed by atoms with Crippen LogP contribution in [0, 0.1) is 0 Å². The molecule has 2 amide bonds. The van der Waals surface area contributed by atoms with E-state index in [0.29, 0.717) is 13.2 Å². The fraction of sp³-hybridized carbons (Fsp3) is 0.800. The third-order valence-electron chi connectivity index (χ3n) is 2.16. The monoisotopic (exact) mass is 229 g/mol. The van der Waals surface area contributed by atoms with Gasteiger partial charge in [0.1, 0.15) is 6.04 Å². The lowest BCUT2D eigenvalue weighted by Gasteiger charge is -2.10. The summed E-state index contributed by atoms with van der Waals surface area (Å²) < 4.78 is 5.33. The van der Waals surface area contributed by atoms with Crippen molar-refractivity contribution < 1.29 is 14.3 Å². The Labute approximate surface area is 95.1 Å². The normalized spacial score (nSPS) is 19.9. The van der Waals surface area contributed by atoms with E-state index < -0.39 is 6.04 Å². The summed E-state index contributed by atoms with van der Waals surface area (Å²) in [6.45, 7) is 5.14. The van der Waals surface area contributed by atoms with Gasteiger partial charge in [-0.15, -0.1) is 0 Å². The Morgan fingerprint density at radius 2 is 2.38 bits per heavy atom. The van der Waals surface area contributed by atoms with Crippen LogP contribution in [0.1, 0.15) is 26.7 Å². The van der Waals surface area contributed by atoms with E-state index >= 15 is 0 Å². The van der Waals surface area contributed by atoms with Gasteiger partial charge in [0.05, 0.1) is 12.5 Å². The highest BCUT2D eigenvalue weighted by Crippen LogP contribution is 1.97. The van der Waals surface area contributed by atoms with E-state index in [-0.39, 0.29) is 24.3 Å². The Morgan fingerprint density at radius 3 is 2.94 bits per heavy atom. The van der Waals surface area contributed by atoms with Crippen LogP contribution in [0.15, 0.2) is 0 Å². The molecule has 1 saturated heterocycles. The number of hydrazine groups is 1. The number of rotatable bonds is 6. The van der Waals surface area contributed by atoms with Gasteiger partial charge < -0.3 is 10.1 Å². The third-order valence-corrected chi connectivity index (χ3v) is 2.16. The van der Waals surface area contributed by atoms with E-state index in [2.05, 4.69) is 16.2 Å². The molecule has 1 rings (SSSR count). The van der Waals surface area contributed by atoms with Crippen LogP contribution in [0.25, 0.3) is 0 Å². The minimum atomic E-state index is -0.446. The Bertz CT molecular complexity index is 256. The van der Waals surface area contributed by atoms with Gasteiger partial charge in [0.25, 0.3) is 0 Å². The molecule has 0 aliphatic carbocycles. The number of carbonyl (C=O) groups excluding carboxylic acids is 2. The Hall–Kier alpha value is -1.14. The lowest BCUT2D eigenvalue weighted by Crippen LogP contribution is -2.43. The Morgan fingerprint density at radius 1 is 1.62 bits per heavy atom. The van der Waals surface area contributed by atoms with Crippen molar-refractivity contribution in [2.24, 2.45) is 0 Å². The number of hydrogen-bond donors (Lipinski definition) is 3. The highest BCUT2D eigenvalue weighted by atomic mass is 16.5. The summed E-state index contributed by atoms with van der Waals surface area (Å²) >= 11 is 0. The number of carbonyl (C=O) groups is 2. The topological polar surface area (TPSA) is 79.5 Å². The van der Waals surface area contributed by atoms with E-state index in [4.69, 9.17) is 4.74 Å². The van der Waals surface area contributed by atoms with Gasteiger partial charge in [-0.3, -0.25) is 15.0 Å². The smallest absolute Gasteiger partial charge is 0.239 e. The molecule has 16 heavy (non-hydrogen) atoms. The van der Waals surface area contributed by atoms with Crippen LogP contribution >= 0.6 is 0 Å². The molecule has 6 nitrogen and oxygen atoms in total. The molecule has 92 valence electrons. The van der Waals surface area contributed by atoms with E-state index in [0.717, 1.165) is 6.42 Å². The number of ether oxygens (including phenoxy) is 1. The van der Waals surface area contributed by atoms with Crippen LogP contribution in [0.5, 0.6) is 0 Å². The lowest BCUT2D eigenvalue weighted by molar-refractivity contribution is -0.124. The predicted octanol–water partition coefficient (Wildman–Crippen LogP) is -0.689. The molecule has 0 aromatic rings. The zero-order chi connectivity index (χ0) is 12.0. The van der Waals surface area contributed by atoms with E-state index in [1.54, 1.807) is 0 Å². The summed E-state index contributed by atoms with van der Waals surface area (Å²) in [4.78, 5) is 22.3. The zero-order valence-corrected chi connectivity index (χ0v) is 9.71. The summed E-state index contributed by atoms with van der Waals surface area (Å²) in [5, 5.41) is 2.75. The van der Waals surface area contributed by atoms with Crippen molar-refractivity contribution in [1.82, 2.24) is 16.2 Å². The maximum Gasteiger partial charge on any atom is 0.239 e. The molecule has 3 N–H and O–H groups in total. The van der Waals surface area contributed by atoms with Gasteiger partial charge in [0.2, 0.25) is 11.8 Å². The summed E-state index contributed by atoms with van der Waals surface area (Å²) in [6.07, 6.45) is 1.20. The highest BCUT2D eigenvalue weighted by Gasteiger charge is 2.26. The van der Waals surface area contributed by atoms with Crippen LogP contribution in [0.4, 0.5) is 0 Å². The molecule has 1 fully saturated rings.